The summed E-state index contributed by atoms with van der Waals surface area (Å²) >= 11 is 0. The van der Waals surface area contributed by atoms with Gasteiger partial charge in [0.1, 0.15) is 5.82 Å². The Labute approximate surface area is 134 Å². The molecule has 0 bridgehead atoms. The molecule has 1 saturated heterocycles. The van der Waals surface area contributed by atoms with E-state index in [1.54, 1.807) is 18.6 Å². The first-order chi connectivity index (χ1) is 11.3. The van der Waals surface area contributed by atoms with Crippen LogP contribution in [0.25, 0.3) is 11.4 Å². The summed E-state index contributed by atoms with van der Waals surface area (Å²) in [6.45, 7) is 1.42. The number of aromatic amines is 1. The van der Waals surface area contributed by atoms with Crippen LogP contribution in [-0.4, -0.2) is 38.8 Å². The van der Waals surface area contributed by atoms with E-state index in [4.69, 9.17) is 0 Å². The Morgan fingerprint density at radius 3 is 2.61 bits per heavy atom. The monoisotopic (exact) mass is 304 g/mol. The molecule has 5 nitrogen and oxygen atoms in total. The molecule has 1 amide bonds. The molecular weight excluding hydrogens is 288 g/mol. The molecule has 1 aromatic carbocycles. The maximum Gasteiger partial charge on any atom is 0.254 e. The highest BCUT2D eigenvalue weighted by Gasteiger charge is 2.33. The lowest BCUT2D eigenvalue weighted by atomic mass is 9.94. The minimum atomic E-state index is 0.0455. The van der Waals surface area contributed by atoms with E-state index >= 15 is 0 Å². The molecule has 114 valence electrons. The van der Waals surface area contributed by atoms with Crippen molar-refractivity contribution in [2.75, 3.05) is 13.1 Å². The third-order valence-corrected chi connectivity index (χ3v) is 4.19. The van der Waals surface area contributed by atoms with Crippen molar-refractivity contribution >= 4 is 5.91 Å². The number of likely N-dealkylation sites (tertiary alicyclic amines) is 1. The fourth-order valence-corrected chi connectivity index (χ4v) is 2.91. The van der Waals surface area contributed by atoms with Gasteiger partial charge >= 0.3 is 0 Å². The van der Waals surface area contributed by atoms with Crippen LogP contribution >= 0.6 is 0 Å². The second kappa shape index (κ2) is 5.68. The van der Waals surface area contributed by atoms with E-state index in [0.29, 0.717) is 24.6 Å². The summed E-state index contributed by atoms with van der Waals surface area (Å²) in [6.07, 6.45) is 5.25. The lowest BCUT2D eigenvalue weighted by Crippen LogP contribution is -2.48. The number of aromatic nitrogens is 3. The largest absolute Gasteiger partial charge is 0.345 e. The Kier molecular flexibility index (Phi) is 3.38. The minimum Gasteiger partial charge on any atom is -0.345 e. The first kappa shape index (κ1) is 13.7. The van der Waals surface area contributed by atoms with Gasteiger partial charge in [-0.15, -0.1) is 0 Å². The number of imidazole rings is 1. The fraction of sp³-hybridized carbons (Fsp3) is 0.167. The minimum absolute atomic E-state index is 0.0455. The van der Waals surface area contributed by atoms with Gasteiger partial charge < -0.3 is 9.88 Å². The van der Waals surface area contributed by atoms with Crippen LogP contribution in [0.15, 0.2) is 61.1 Å². The number of hydrogen-bond donors (Lipinski definition) is 1. The first-order valence-electron chi connectivity index (χ1n) is 7.62. The zero-order valence-electron chi connectivity index (χ0n) is 12.5. The van der Waals surface area contributed by atoms with Gasteiger partial charge in [0.2, 0.25) is 0 Å². The van der Waals surface area contributed by atoms with E-state index in [2.05, 4.69) is 15.0 Å². The van der Waals surface area contributed by atoms with Crippen molar-refractivity contribution in [3.05, 3.63) is 72.3 Å². The molecule has 2 aromatic heterocycles. The molecule has 1 fully saturated rings. The number of pyridine rings is 1. The van der Waals surface area contributed by atoms with Crippen LogP contribution < -0.4 is 0 Å². The lowest BCUT2D eigenvalue weighted by Gasteiger charge is -2.39. The summed E-state index contributed by atoms with van der Waals surface area (Å²) in [6, 6.07) is 13.5. The van der Waals surface area contributed by atoms with Crippen molar-refractivity contribution in [1.82, 2.24) is 19.9 Å². The fourth-order valence-electron chi connectivity index (χ4n) is 2.91. The second-order valence-electron chi connectivity index (χ2n) is 5.65. The summed E-state index contributed by atoms with van der Waals surface area (Å²) < 4.78 is 0. The zero-order valence-corrected chi connectivity index (χ0v) is 12.5. The number of nitrogens with one attached hydrogen (secondary N) is 1. The molecule has 3 aromatic rings. The van der Waals surface area contributed by atoms with Crippen LogP contribution in [0.4, 0.5) is 0 Å². The normalized spacial score (nSPS) is 14.5. The predicted molar refractivity (Wildman–Crippen MR) is 86.9 cm³/mol. The quantitative estimate of drug-likeness (QED) is 0.809. The van der Waals surface area contributed by atoms with Gasteiger partial charge in [-0.05, 0) is 18.2 Å². The molecule has 0 spiro atoms. The van der Waals surface area contributed by atoms with Crippen LogP contribution in [0.1, 0.15) is 22.0 Å². The number of nitrogens with zero attached hydrogens (tertiary/aromatic N) is 3. The van der Waals surface area contributed by atoms with Crippen molar-refractivity contribution in [3.63, 3.8) is 0 Å². The van der Waals surface area contributed by atoms with Crippen LogP contribution in [0.5, 0.6) is 0 Å². The average Bonchev–Trinajstić information content (AvgIpc) is 3.09. The van der Waals surface area contributed by atoms with Gasteiger partial charge in [-0.2, -0.15) is 0 Å². The maximum absolute atomic E-state index is 12.8. The van der Waals surface area contributed by atoms with E-state index in [0.717, 1.165) is 17.1 Å². The molecule has 0 saturated carbocycles. The third kappa shape index (κ3) is 2.50. The predicted octanol–water partition coefficient (Wildman–Crippen LogP) is 2.71. The second-order valence-corrected chi connectivity index (χ2v) is 5.65. The molecule has 0 radical (unpaired) electrons. The molecule has 4 rings (SSSR count). The van der Waals surface area contributed by atoms with Gasteiger partial charge in [0, 0.05) is 48.9 Å². The molecular formula is C18H16N4O. The van der Waals surface area contributed by atoms with Crippen LogP contribution in [0, 0.1) is 0 Å². The summed E-state index contributed by atoms with van der Waals surface area (Å²) in [5.74, 6) is 1.09. The number of amides is 1. The molecule has 1 aliphatic rings. The van der Waals surface area contributed by atoms with Gasteiger partial charge in [0.05, 0.1) is 5.56 Å². The Bertz CT molecular complexity index is 808. The van der Waals surface area contributed by atoms with Gasteiger partial charge in [0.25, 0.3) is 5.91 Å². The Balaban J connectivity index is 1.53. The maximum atomic E-state index is 12.8. The van der Waals surface area contributed by atoms with E-state index < -0.39 is 0 Å². The topological polar surface area (TPSA) is 61.9 Å². The molecule has 0 aliphatic carbocycles. The number of carbonyl (C=O) groups excluding carboxylic acids is 1. The van der Waals surface area contributed by atoms with Crippen LogP contribution in [0.3, 0.4) is 0 Å². The number of carbonyl (C=O) groups is 1. The van der Waals surface area contributed by atoms with Crippen molar-refractivity contribution in [2.45, 2.75) is 5.92 Å². The summed E-state index contributed by atoms with van der Waals surface area (Å²) in [7, 11) is 0. The molecule has 23 heavy (non-hydrogen) atoms. The van der Waals surface area contributed by atoms with Gasteiger partial charge in [-0.1, -0.05) is 24.3 Å². The average molecular weight is 304 g/mol. The van der Waals surface area contributed by atoms with Crippen molar-refractivity contribution in [2.24, 2.45) is 0 Å². The molecule has 1 N–H and O–H groups in total. The van der Waals surface area contributed by atoms with E-state index in [1.807, 2.05) is 47.4 Å². The summed E-state index contributed by atoms with van der Waals surface area (Å²) in [4.78, 5) is 26.3. The standard InChI is InChI=1S/C18H16N4O/c23-18(22-11-13(12-22)16-7-3-4-8-19-16)15-6-2-1-5-14(15)17-20-9-10-21-17/h1-10,13H,11-12H2,(H,20,21). The Hall–Kier alpha value is -2.95. The summed E-state index contributed by atoms with van der Waals surface area (Å²) in [5.41, 5.74) is 2.57. The highest BCUT2D eigenvalue weighted by molar-refractivity contribution is 6.00. The van der Waals surface area contributed by atoms with E-state index in [-0.39, 0.29) is 5.91 Å². The smallest absolute Gasteiger partial charge is 0.254 e. The van der Waals surface area contributed by atoms with Crippen LogP contribution in [0.2, 0.25) is 0 Å². The number of benzene rings is 1. The van der Waals surface area contributed by atoms with Crippen molar-refractivity contribution < 1.29 is 4.79 Å². The number of rotatable bonds is 3. The lowest BCUT2D eigenvalue weighted by molar-refractivity contribution is 0.0599. The van der Waals surface area contributed by atoms with Gasteiger partial charge in [-0.3, -0.25) is 9.78 Å². The molecule has 5 heteroatoms. The van der Waals surface area contributed by atoms with Crippen molar-refractivity contribution in [1.29, 1.82) is 0 Å². The third-order valence-electron chi connectivity index (χ3n) is 4.19. The molecule has 0 unspecified atom stereocenters. The first-order valence-corrected chi connectivity index (χ1v) is 7.62. The Morgan fingerprint density at radius 1 is 1.04 bits per heavy atom. The van der Waals surface area contributed by atoms with E-state index in [1.165, 1.54) is 0 Å². The summed E-state index contributed by atoms with van der Waals surface area (Å²) in [5, 5.41) is 0. The highest BCUT2D eigenvalue weighted by Crippen LogP contribution is 2.29. The van der Waals surface area contributed by atoms with Crippen LogP contribution in [-0.2, 0) is 0 Å². The molecule has 1 aliphatic heterocycles. The Morgan fingerprint density at radius 2 is 1.87 bits per heavy atom. The SMILES string of the molecule is O=C(c1ccccc1-c1ncc[nH]1)N1CC(c2ccccn2)C1. The zero-order chi connectivity index (χ0) is 15.6. The van der Waals surface area contributed by atoms with Crippen molar-refractivity contribution in [3.8, 4) is 11.4 Å². The van der Waals surface area contributed by atoms with Gasteiger partial charge in [-0.25, -0.2) is 4.98 Å². The molecule has 3 heterocycles. The highest BCUT2D eigenvalue weighted by atomic mass is 16.2. The number of H-pyrrole nitrogens is 1. The molecule has 0 atom stereocenters. The van der Waals surface area contributed by atoms with E-state index in [9.17, 15) is 4.79 Å². The van der Waals surface area contributed by atoms with Gasteiger partial charge in [0.15, 0.2) is 0 Å². The number of hydrogen-bond acceptors (Lipinski definition) is 3.